The zero-order chi connectivity index (χ0) is 33.0. The molecule has 44 heavy (non-hydrogen) atoms. The minimum absolute atomic E-state index is 0.811. The Bertz CT molecular complexity index is 855. The molecule has 14 N–H and O–H groups in total. The van der Waals surface area contributed by atoms with E-state index in [4.69, 9.17) is 28.4 Å². The molecule has 3 rings (SSSR count). The fourth-order valence-corrected chi connectivity index (χ4v) is 5.06. The van der Waals surface area contributed by atoms with E-state index in [0.717, 1.165) is 0 Å². The van der Waals surface area contributed by atoms with Crippen LogP contribution in [-0.4, -0.2) is 214 Å². The Kier molecular flexibility index (Phi) is 14.0. The molecule has 0 amide bonds. The second kappa shape index (κ2) is 16.3. The topological polar surface area (TPSA) is 339 Å². The standard InChI is InChI=1S/C24H44O20/c1-6-11(31)16(36)21(44-22-17(37)15(35)13(33)9(4-27)40-22)24(39-6)43-20-14(34)10(5-28)41-23(18(20)38)42-19(8(30)3-26)12(32)7(29)2-25/h6-38H,2-5H2,1H3/t6-,7+,8-,9+,10+,11-,12+,13-,14+,15-,16+,17+,18-,19+,20-,21+,22+,23+,24-/m0/s1. The van der Waals surface area contributed by atoms with Crippen LogP contribution < -0.4 is 0 Å². The van der Waals surface area contributed by atoms with Crippen LogP contribution in [0.15, 0.2) is 0 Å². The van der Waals surface area contributed by atoms with Gasteiger partial charge in [-0.3, -0.25) is 0 Å². The van der Waals surface area contributed by atoms with Gasteiger partial charge in [0.2, 0.25) is 0 Å². The van der Waals surface area contributed by atoms with Gasteiger partial charge in [-0.25, -0.2) is 0 Å². The zero-order valence-corrected chi connectivity index (χ0v) is 23.5. The van der Waals surface area contributed by atoms with Crippen molar-refractivity contribution in [3.05, 3.63) is 0 Å². The van der Waals surface area contributed by atoms with Gasteiger partial charge < -0.3 is 99.9 Å². The molecule has 3 heterocycles. The molecule has 0 aliphatic carbocycles. The van der Waals surface area contributed by atoms with Crippen LogP contribution in [-0.2, 0) is 28.4 Å². The summed E-state index contributed by atoms with van der Waals surface area (Å²) in [4.78, 5) is 0. The van der Waals surface area contributed by atoms with Crippen LogP contribution in [0.4, 0.5) is 0 Å². The van der Waals surface area contributed by atoms with E-state index in [2.05, 4.69) is 0 Å². The van der Waals surface area contributed by atoms with E-state index in [1.807, 2.05) is 0 Å². The molecule has 0 aromatic carbocycles. The fraction of sp³-hybridized carbons (Fsp3) is 1.00. The first-order valence-electron chi connectivity index (χ1n) is 13.9. The molecule has 0 spiro atoms. The second-order valence-electron chi connectivity index (χ2n) is 10.9. The maximum Gasteiger partial charge on any atom is 0.187 e. The van der Waals surface area contributed by atoms with E-state index in [1.54, 1.807) is 0 Å². The van der Waals surface area contributed by atoms with Gasteiger partial charge in [-0.05, 0) is 6.92 Å². The van der Waals surface area contributed by atoms with Gasteiger partial charge in [0.05, 0.1) is 32.5 Å². The van der Waals surface area contributed by atoms with Crippen molar-refractivity contribution >= 4 is 0 Å². The van der Waals surface area contributed by atoms with Gasteiger partial charge in [0, 0.05) is 0 Å². The molecule has 0 aromatic rings. The Hall–Kier alpha value is -0.800. The van der Waals surface area contributed by atoms with Gasteiger partial charge in [-0.2, -0.15) is 0 Å². The molecule has 0 bridgehead atoms. The van der Waals surface area contributed by atoms with Crippen molar-refractivity contribution < 1.29 is 99.9 Å². The van der Waals surface area contributed by atoms with Crippen molar-refractivity contribution in [3.8, 4) is 0 Å². The van der Waals surface area contributed by atoms with Gasteiger partial charge >= 0.3 is 0 Å². The normalized spacial score (nSPS) is 46.3. The fourth-order valence-electron chi connectivity index (χ4n) is 5.06. The van der Waals surface area contributed by atoms with Gasteiger partial charge in [0.15, 0.2) is 18.9 Å². The molecule has 20 nitrogen and oxygen atoms in total. The van der Waals surface area contributed by atoms with Gasteiger partial charge in [-0.15, -0.1) is 0 Å². The Morgan fingerprint density at radius 1 is 0.545 bits per heavy atom. The van der Waals surface area contributed by atoms with Gasteiger partial charge in [0.1, 0.15) is 91.6 Å². The minimum atomic E-state index is -2.06. The molecule has 260 valence electrons. The van der Waals surface area contributed by atoms with E-state index in [1.165, 1.54) is 6.92 Å². The van der Waals surface area contributed by atoms with Crippen LogP contribution in [0, 0.1) is 0 Å². The van der Waals surface area contributed by atoms with Crippen molar-refractivity contribution in [3.63, 3.8) is 0 Å². The number of rotatable bonds is 13. The van der Waals surface area contributed by atoms with Crippen molar-refractivity contribution in [2.45, 2.75) is 123 Å². The SMILES string of the molecule is C[C@@H]1O[C@@H](O[C@@H]2[C@H](O)[C@@H](O[C@@H]([C@H](O)[C@H](O)CO)[C@@H](O)CO)O[C@H](CO)[C@H]2O)[C@H](O[C@H]2O[C@H](CO)[C@H](O)[C@H](O)[C@H]2O)[C@H](O)[C@H]1O. The van der Waals surface area contributed by atoms with Crippen molar-refractivity contribution in [1.82, 2.24) is 0 Å². The quantitative estimate of drug-likeness (QED) is 0.0878. The monoisotopic (exact) mass is 652 g/mol. The van der Waals surface area contributed by atoms with E-state index in [-0.39, 0.29) is 0 Å². The highest BCUT2D eigenvalue weighted by molar-refractivity contribution is 4.96. The van der Waals surface area contributed by atoms with Crippen LogP contribution in [0.1, 0.15) is 6.92 Å². The van der Waals surface area contributed by atoms with Crippen LogP contribution in [0.25, 0.3) is 0 Å². The maximum absolute atomic E-state index is 11.1. The Balaban J connectivity index is 1.87. The molecular formula is C24H44O20. The Morgan fingerprint density at radius 2 is 1.09 bits per heavy atom. The van der Waals surface area contributed by atoms with Crippen LogP contribution in [0.2, 0.25) is 0 Å². The van der Waals surface area contributed by atoms with Crippen molar-refractivity contribution in [2.24, 2.45) is 0 Å². The zero-order valence-electron chi connectivity index (χ0n) is 23.5. The smallest absolute Gasteiger partial charge is 0.187 e. The molecule has 0 saturated carbocycles. The summed E-state index contributed by atoms with van der Waals surface area (Å²) in [5.41, 5.74) is 0. The lowest BCUT2D eigenvalue weighted by molar-refractivity contribution is -0.390. The van der Waals surface area contributed by atoms with Crippen molar-refractivity contribution in [1.29, 1.82) is 0 Å². The van der Waals surface area contributed by atoms with E-state index >= 15 is 0 Å². The number of aliphatic hydroxyl groups is 14. The minimum Gasteiger partial charge on any atom is -0.394 e. The Labute approximate surface area is 250 Å². The first-order valence-corrected chi connectivity index (χ1v) is 13.9. The molecular weight excluding hydrogens is 608 g/mol. The van der Waals surface area contributed by atoms with Crippen LogP contribution in [0.5, 0.6) is 0 Å². The summed E-state index contributed by atoms with van der Waals surface area (Å²) in [6.07, 6.45) is -34.1. The van der Waals surface area contributed by atoms with E-state index < -0.39 is 143 Å². The second-order valence-corrected chi connectivity index (χ2v) is 10.9. The Morgan fingerprint density at radius 3 is 1.66 bits per heavy atom. The summed E-state index contributed by atoms with van der Waals surface area (Å²) >= 11 is 0. The molecule has 3 saturated heterocycles. The largest absolute Gasteiger partial charge is 0.394 e. The highest BCUT2D eigenvalue weighted by Gasteiger charge is 2.54. The highest BCUT2D eigenvalue weighted by Crippen LogP contribution is 2.33. The lowest BCUT2D eigenvalue weighted by Gasteiger charge is -2.48. The maximum atomic E-state index is 11.1. The first-order chi connectivity index (χ1) is 20.7. The summed E-state index contributed by atoms with van der Waals surface area (Å²) in [5, 5.41) is 142. The predicted octanol–water partition coefficient (Wildman–Crippen LogP) is -9.09. The summed E-state index contributed by atoms with van der Waals surface area (Å²) in [7, 11) is 0. The number of hydrogen-bond acceptors (Lipinski definition) is 20. The van der Waals surface area contributed by atoms with Crippen LogP contribution in [0.3, 0.4) is 0 Å². The number of ether oxygens (including phenoxy) is 6. The third-order valence-electron chi connectivity index (χ3n) is 7.81. The summed E-state index contributed by atoms with van der Waals surface area (Å²) in [6.45, 7) is -2.40. The lowest BCUT2D eigenvalue weighted by atomic mass is 9.96. The van der Waals surface area contributed by atoms with Gasteiger partial charge in [0.25, 0.3) is 0 Å². The van der Waals surface area contributed by atoms with Crippen LogP contribution >= 0.6 is 0 Å². The van der Waals surface area contributed by atoms with E-state index in [0.29, 0.717) is 0 Å². The average Bonchev–Trinajstić information content (AvgIpc) is 3.02. The van der Waals surface area contributed by atoms with Gasteiger partial charge in [-0.1, -0.05) is 0 Å². The molecule has 0 aromatic heterocycles. The molecule has 3 aliphatic heterocycles. The molecule has 0 radical (unpaired) electrons. The van der Waals surface area contributed by atoms with Crippen molar-refractivity contribution in [2.75, 3.05) is 26.4 Å². The summed E-state index contributed by atoms with van der Waals surface area (Å²) in [6, 6.07) is 0. The third kappa shape index (κ3) is 8.00. The molecule has 3 fully saturated rings. The highest BCUT2D eigenvalue weighted by atomic mass is 16.8. The third-order valence-corrected chi connectivity index (χ3v) is 7.81. The first kappa shape index (κ1) is 37.7. The number of aliphatic hydroxyl groups excluding tert-OH is 14. The molecule has 0 unspecified atom stereocenters. The molecule has 19 atom stereocenters. The summed E-state index contributed by atoms with van der Waals surface area (Å²) in [5.74, 6) is 0. The molecule has 3 aliphatic rings. The van der Waals surface area contributed by atoms with E-state index in [9.17, 15) is 71.5 Å². The average molecular weight is 653 g/mol. The predicted molar refractivity (Wildman–Crippen MR) is 135 cm³/mol. The molecule has 20 heteroatoms. The lowest BCUT2D eigenvalue weighted by Crippen LogP contribution is -2.67. The summed E-state index contributed by atoms with van der Waals surface area (Å²) < 4.78 is 33.0. The number of hydrogen-bond donors (Lipinski definition) is 14.